The Balaban J connectivity index is 2.22. The number of anilines is 1. The van der Waals surface area contributed by atoms with Crippen LogP contribution in [-0.2, 0) is 0 Å². The van der Waals surface area contributed by atoms with E-state index in [2.05, 4.69) is 20.7 Å². The molecule has 9 heteroatoms. The summed E-state index contributed by atoms with van der Waals surface area (Å²) in [6.07, 6.45) is 2.86. The first-order valence-corrected chi connectivity index (χ1v) is 7.35. The number of hydrogen-bond acceptors (Lipinski definition) is 6. The molecular formula is C14H14Cl2N4O3. The lowest BCUT2D eigenvalue weighted by Gasteiger charge is -2.11. The van der Waals surface area contributed by atoms with Crippen LogP contribution in [-0.4, -0.2) is 30.1 Å². The first-order chi connectivity index (χ1) is 11.1. The number of ether oxygens (including phenoxy) is 2. The van der Waals surface area contributed by atoms with Gasteiger partial charge in [0, 0.05) is 0 Å². The highest BCUT2D eigenvalue weighted by atomic mass is 35.5. The molecule has 1 heterocycles. The molecule has 2 N–H and O–H groups in total. The van der Waals surface area contributed by atoms with E-state index in [1.807, 2.05) is 6.92 Å². The second-order valence-electron chi connectivity index (χ2n) is 4.26. The van der Waals surface area contributed by atoms with Crippen LogP contribution in [0.3, 0.4) is 0 Å². The number of benzene rings is 1. The quantitative estimate of drug-likeness (QED) is 0.613. The minimum absolute atomic E-state index is 0.0279. The Morgan fingerprint density at radius 2 is 2.22 bits per heavy atom. The minimum atomic E-state index is -0.502. The van der Waals surface area contributed by atoms with E-state index in [0.717, 1.165) is 0 Å². The number of hydrogen-bond donors (Lipinski definition) is 2. The van der Waals surface area contributed by atoms with Gasteiger partial charge < -0.3 is 9.47 Å². The largest absolute Gasteiger partial charge is 0.491 e. The number of H-pyrrole nitrogens is 1. The van der Waals surface area contributed by atoms with Crippen molar-refractivity contribution in [1.29, 1.82) is 0 Å². The zero-order valence-electron chi connectivity index (χ0n) is 12.4. The standard InChI is InChI=1S/C14H14Cl2N4O3/c1-3-23-11-5-8(4-9(15)13(11)22-2)6-17-19-10-7-18-20-14(21)12(10)16/h4-7H,3H2,1-2H3,(H2,19,20,21)/b17-6-. The topological polar surface area (TPSA) is 88.6 Å². The summed E-state index contributed by atoms with van der Waals surface area (Å²) in [7, 11) is 1.51. The summed E-state index contributed by atoms with van der Waals surface area (Å²) in [5, 5.41) is 10.2. The molecule has 0 bridgehead atoms. The van der Waals surface area contributed by atoms with Crippen molar-refractivity contribution < 1.29 is 9.47 Å². The number of halogens is 2. The van der Waals surface area contributed by atoms with Crippen LogP contribution < -0.4 is 20.5 Å². The molecule has 2 aromatic rings. The van der Waals surface area contributed by atoms with Crippen molar-refractivity contribution in [3.63, 3.8) is 0 Å². The molecule has 2 rings (SSSR count). The van der Waals surface area contributed by atoms with Crippen LogP contribution in [0, 0.1) is 0 Å². The Morgan fingerprint density at radius 1 is 1.43 bits per heavy atom. The molecule has 1 aromatic carbocycles. The van der Waals surface area contributed by atoms with Crippen LogP contribution in [0.4, 0.5) is 5.69 Å². The van der Waals surface area contributed by atoms with Gasteiger partial charge in [0.25, 0.3) is 5.56 Å². The van der Waals surface area contributed by atoms with Gasteiger partial charge in [0.1, 0.15) is 10.7 Å². The fraction of sp³-hybridized carbons (Fsp3) is 0.214. The molecule has 0 spiro atoms. The average Bonchev–Trinajstić information content (AvgIpc) is 2.52. The van der Waals surface area contributed by atoms with E-state index in [1.165, 1.54) is 19.5 Å². The van der Waals surface area contributed by atoms with Gasteiger partial charge in [0.2, 0.25) is 0 Å². The minimum Gasteiger partial charge on any atom is -0.491 e. The number of hydrazone groups is 1. The lowest BCUT2D eigenvalue weighted by Crippen LogP contribution is -2.10. The van der Waals surface area contributed by atoms with Crippen molar-refractivity contribution in [1.82, 2.24) is 10.2 Å². The smallest absolute Gasteiger partial charge is 0.285 e. The van der Waals surface area contributed by atoms with Crippen molar-refractivity contribution in [2.75, 3.05) is 19.1 Å². The van der Waals surface area contributed by atoms with Gasteiger partial charge in [-0.15, -0.1) is 0 Å². The van der Waals surface area contributed by atoms with Gasteiger partial charge in [-0.25, -0.2) is 5.10 Å². The highest BCUT2D eigenvalue weighted by Gasteiger charge is 2.10. The maximum absolute atomic E-state index is 11.3. The molecule has 0 aliphatic rings. The number of nitrogens with zero attached hydrogens (tertiary/aromatic N) is 2. The second kappa shape index (κ2) is 7.85. The lowest BCUT2D eigenvalue weighted by molar-refractivity contribution is 0.311. The van der Waals surface area contributed by atoms with Crippen LogP contribution >= 0.6 is 23.2 Å². The lowest BCUT2D eigenvalue weighted by atomic mass is 10.2. The van der Waals surface area contributed by atoms with Crippen molar-refractivity contribution in [2.24, 2.45) is 5.10 Å². The van der Waals surface area contributed by atoms with E-state index in [9.17, 15) is 4.79 Å². The number of aromatic amines is 1. The summed E-state index contributed by atoms with van der Waals surface area (Å²) in [5.41, 5.74) is 3.11. The molecule has 0 amide bonds. The Hall–Kier alpha value is -2.25. The average molecular weight is 357 g/mol. The summed E-state index contributed by atoms with van der Waals surface area (Å²) in [6, 6.07) is 3.41. The van der Waals surface area contributed by atoms with E-state index >= 15 is 0 Å². The first-order valence-electron chi connectivity index (χ1n) is 6.59. The van der Waals surface area contributed by atoms with E-state index in [1.54, 1.807) is 12.1 Å². The molecule has 0 aliphatic heterocycles. The SMILES string of the molecule is CCOc1cc(/C=N\Nc2cn[nH]c(=O)c2Cl)cc(Cl)c1OC. The summed E-state index contributed by atoms with van der Waals surface area (Å²) < 4.78 is 10.7. The molecule has 0 saturated heterocycles. The van der Waals surface area contributed by atoms with Gasteiger partial charge in [-0.05, 0) is 24.6 Å². The van der Waals surface area contributed by atoms with Crippen LogP contribution in [0.1, 0.15) is 12.5 Å². The summed E-state index contributed by atoms with van der Waals surface area (Å²) in [4.78, 5) is 11.3. The molecule has 0 aliphatic carbocycles. The Labute approximate surface area is 142 Å². The molecule has 122 valence electrons. The van der Waals surface area contributed by atoms with Gasteiger partial charge in [-0.2, -0.15) is 10.2 Å². The maximum atomic E-state index is 11.3. The number of aromatic nitrogens is 2. The van der Waals surface area contributed by atoms with Crippen molar-refractivity contribution in [3.05, 3.63) is 44.3 Å². The third kappa shape index (κ3) is 4.14. The number of methoxy groups -OCH3 is 1. The zero-order valence-corrected chi connectivity index (χ0v) is 13.9. The summed E-state index contributed by atoms with van der Waals surface area (Å²) in [5.74, 6) is 0.972. The first kappa shape index (κ1) is 17.1. The summed E-state index contributed by atoms with van der Waals surface area (Å²) >= 11 is 12.0. The van der Waals surface area contributed by atoms with E-state index in [-0.39, 0.29) is 10.7 Å². The Bertz CT molecular complexity index is 777. The van der Waals surface area contributed by atoms with Crippen LogP contribution in [0.5, 0.6) is 11.5 Å². The van der Waals surface area contributed by atoms with Crippen molar-refractivity contribution in [2.45, 2.75) is 6.92 Å². The number of nitrogens with one attached hydrogen (secondary N) is 2. The third-order valence-electron chi connectivity index (χ3n) is 2.73. The molecule has 23 heavy (non-hydrogen) atoms. The third-order valence-corrected chi connectivity index (χ3v) is 3.39. The predicted molar refractivity (Wildman–Crippen MR) is 90.3 cm³/mol. The monoisotopic (exact) mass is 356 g/mol. The highest BCUT2D eigenvalue weighted by molar-refractivity contribution is 6.33. The van der Waals surface area contributed by atoms with Gasteiger partial charge >= 0.3 is 0 Å². The van der Waals surface area contributed by atoms with Gasteiger partial charge in [0.05, 0.1) is 31.2 Å². The van der Waals surface area contributed by atoms with E-state index < -0.39 is 5.56 Å². The molecule has 7 nitrogen and oxygen atoms in total. The molecule has 0 radical (unpaired) electrons. The van der Waals surface area contributed by atoms with Crippen molar-refractivity contribution >= 4 is 35.1 Å². The molecule has 0 unspecified atom stereocenters. The molecule has 1 aromatic heterocycles. The van der Waals surface area contributed by atoms with Crippen LogP contribution in [0.2, 0.25) is 10.0 Å². The molecule has 0 atom stereocenters. The number of rotatable bonds is 6. The van der Waals surface area contributed by atoms with E-state index in [0.29, 0.717) is 28.7 Å². The Morgan fingerprint density at radius 3 is 2.91 bits per heavy atom. The molecule has 0 saturated carbocycles. The fourth-order valence-electron chi connectivity index (χ4n) is 1.76. The van der Waals surface area contributed by atoms with Gasteiger partial charge in [0.15, 0.2) is 11.5 Å². The van der Waals surface area contributed by atoms with E-state index in [4.69, 9.17) is 32.7 Å². The zero-order chi connectivity index (χ0) is 16.8. The predicted octanol–water partition coefficient (Wildman–Crippen LogP) is 2.93. The van der Waals surface area contributed by atoms with Gasteiger partial charge in [-0.3, -0.25) is 10.2 Å². The fourth-order valence-corrected chi connectivity index (χ4v) is 2.19. The maximum Gasteiger partial charge on any atom is 0.285 e. The van der Waals surface area contributed by atoms with Crippen LogP contribution in [0.25, 0.3) is 0 Å². The normalized spacial score (nSPS) is 10.8. The highest BCUT2D eigenvalue weighted by Crippen LogP contribution is 2.35. The molecular weight excluding hydrogens is 343 g/mol. The van der Waals surface area contributed by atoms with Crippen molar-refractivity contribution in [3.8, 4) is 11.5 Å². The van der Waals surface area contributed by atoms with Crippen LogP contribution in [0.15, 0.2) is 28.2 Å². The Kier molecular flexibility index (Phi) is 5.84. The molecule has 0 fully saturated rings. The summed E-state index contributed by atoms with van der Waals surface area (Å²) in [6.45, 7) is 2.33. The van der Waals surface area contributed by atoms with Gasteiger partial charge in [-0.1, -0.05) is 23.2 Å². The second-order valence-corrected chi connectivity index (χ2v) is 5.05.